The fourth-order valence-electron chi connectivity index (χ4n) is 2.26. The smallest absolute Gasteiger partial charge is 0.271 e. The van der Waals surface area contributed by atoms with Gasteiger partial charge in [0, 0.05) is 11.9 Å². The van der Waals surface area contributed by atoms with Crippen molar-refractivity contribution in [2.24, 2.45) is 0 Å². The Morgan fingerprint density at radius 1 is 1.16 bits per heavy atom. The summed E-state index contributed by atoms with van der Waals surface area (Å²) >= 11 is 1.42. The Morgan fingerprint density at radius 2 is 1.92 bits per heavy atom. The van der Waals surface area contributed by atoms with E-state index < -0.39 is 0 Å². The van der Waals surface area contributed by atoms with Gasteiger partial charge in [-0.15, -0.1) is 17.9 Å². The molecule has 0 atom stereocenters. The van der Waals surface area contributed by atoms with Gasteiger partial charge in [0.2, 0.25) is 0 Å². The van der Waals surface area contributed by atoms with Gasteiger partial charge in [0.25, 0.3) is 5.91 Å². The number of carbonyl (C=O) groups excluding carboxylic acids is 1. The number of benzene rings is 2. The molecule has 1 amide bonds. The molecule has 3 rings (SSSR count). The second kappa shape index (κ2) is 8.26. The van der Waals surface area contributed by atoms with Crippen LogP contribution in [0.2, 0.25) is 0 Å². The predicted molar refractivity (Wildman–Crippen MR) is 101 cm³/mol. The summed E-state index contributed by atoms with van der Waals surface area (Å²) in [6, 6.07) is 17.7. The third-order valence-corrected chi connectivity index (χ3v) is 4.37. The summed E-state index contributed by atoms with van der Waals surface area (Å²) in [6.07, 6.45) is 1.64. The van der Waals surface area contributed by atoms with E-state index in [0.717, 1.165) is 21.9 Å². The highest BCUT2D eigenvalue weighted by Gasteiger charge is 2.14. The first-order valence-electron chi connectivity index (χ1n) is 7.88. The second-order valence-corrected chi connectivity index (χ2v) is 6.17. The zero-order chi connectivity index (χ0) is 17.5. The van der Waals surface area contributed by atoms with Crippen molar-refractivity contribution in [1.82, 2.24) is 10.3 Å². The van der Waals surface area contributed by atoms with Crippen LogP contribution >= 0.6 is 11.3 Å². The van der Waals surface area contributed by atoms with Gasteiger partial charge in [-0.05, 0) is 17.7 Å². The third-order valence-electron chi connectivity index (χ3n) is 3.50. The van der Waals surface area contributed by atoms with Crippen molar-refractivity contribution in [3.05, 3.63) is 83.9 Å². The fourth-order valence-corrected chi connectivity index (χ4v) is 3.09. The van der Waals surface area contributed by atoms with Crippen LogP contribution in [0.15, 0.2) is 72.6 Å². The van der Waals surface area contributed by atoms with Gasteiger partial charge in [-0.25, -0.2) is 4.98 Å². The highest BCUT2D eigenvalue weighted by molar-refractivity contribution is 7.13. The van der Waals surface area contributed by atoms with Crippen LogP contribution in [0.3, 0.4) is 0 Å². The van der Waals surface area contributed by atoms with Crippen LogP contribution in [-0.2, 0) is 6.61 Å². The lowest BCUT2D eigenvalue weighted by Gasteiger charge is -2.10. The molecule has 1 aromatic heterocycles. The van der Waals surface area contributed by atoms with Crippen molar-refractivity contribution >= 4 is 17.2 Å². The molecule has 126 valence electrons. The van der Waals surface area contributed by atoms with E-state index in [0.29, 0.717) is 18.8 Å². The summed E-state index contributed by atoms with van der Waals surface area (Å²) in [5, 5.41) is 5.24. The molecule has 5 heteroatoms. The lowest BCUT2D eigenvalue weighted by Crippen LogP contribution is -2.23. The summed E-state index contributed by atoms with van der Waals surface area (Å²) in [5.41, 5.74) is 2.38. The van der Waals surface area contributed by atoms with Crippen molar-refractivity contribution in [2.45, 2.75) is 6.61 Å². The molecule has 0 spiro atoms. The summed E-state index contributed by atoms with van der Waals surface area (Å²) in [4.78, 5) is 16.4. The topological polar surface area (TPSA) is 51.2 Å². The number of amides is 1. The summed E-state index contributed by atoms with van der Waals surface area (Å²) in [7, 11) is 0. The molecule has 0 aliphatic carbocycles. The lowest BCUT2D eigenvalue weighted by molar-refractivity contribution is 0.0954. The van der Waals surface area contributed by atoms with Gasteiger partial charge in [-0.1, -0.05) is 48.5 Å². The molecule has 0 radical (unpaired) electrons. The van der Waals surface area contributed by atoms with Crippen LogP contribution in [0.1, 0.15) is 16.1 Å². The number of ether oxygens (including phenoxy) is 1. The van der Waals surface area contributed by atoms with Crippen LogP contribution < -0.4 is 10.1 Å². The summed E-state index contributed by atoms with van der Waals surface area (Å²) < 4.78 is 5.97. The average Bonchev–Trinajstić information content (AvgIpc) is 3.15. The minimum atomic E-state index is -0.204. The largest absolute Gasteiger partial charge is 0.488 e. The maximum Gasteiger partial charge on any atom is 0.271 e. The maximum atomic E-state index is 12.0. The number of thiazole rings is 1. The molecular weight excluding hydrogens is 332 g/mol. The standard InChI is InChI=1S/C20H18N2O2S/c1-2-12-21-19(23)17-14-25-20(22-17)16-10-6-7-11-18(16)24-13-15-8-4-3-5-9-15/h2-11,14H,1,12-13H2,(H,21,23). The minimum Gasteiger partial charge on any atom is -0.488 e. The first kappa shape index (κ1) is 16.9. The van der Waals surface area contributed by atoms with Crippen LogP contribution in [0, 0.1) is 0 Å². The van der Waals surface area contributed by atoms with Crippen LogP contribution in [0.4, 0.5) is 0 Å². The average molecular weight is 350 g/mol. The zero-order valence-electron chi connectivity index (χ0n) is 13.6. The molecule has 0 bridgehead atoms. The summed E-state index contributed by atoms with van der Waals surface area (Å²) in [5.74, 6) is 0.545. The molecule has 0 saturated carbocycles. The van der Waals surface area contributed by atoms with Gasteiger partial charge in [0.1, 0.15) is 23.1 Å². The van der Waals surface area contributed by atoms with Crippen LogP contribution in [0.5, 0.6) is 5.75 Å². The molecule has 3 aromatic rings. The van der Waals surface area contributed by atoms with Crippen molar-refractivity contribution in [2.75, 3.05) is 6.54 Å². The van der Waals surface area contributed by atoms with Gasteiger partial charge < -0.3 is 10.1 Å². The Balaban J connectivity index is 1.77. The van der Waals surface area contributed by atoms with Crippen LogP contribution in [0.25, 0.3) is 10.6 Å². The maximum absolute atomic E-state index is 12.0. The van der Waals surface area contributed by atoms with Crippen molar-refractivity contribution in [1.29, 1.82) is 0 Å². The number of aromatic nitrogens is 1. The van der Waals surface area contributed by atoms with Crippen molar-refractivity contribution < 1.29 is 9.53 Å². The van der Waals surface area contributed by atoms with E-state index in [1.807, 2.05) is 54.6 Å². The SMILES string of the molecule is C=CCNC(=O)c1csc(-c2ccccc2OCc2ccccc2)n1. The first-order chi connectivity index (χ1) is 12.3. The number of nitrogens with one attached hydrogen (secondary N) is 1. The van der Waals surface area contributed by atoms with E-state index in [-0.39, 0.29) is 5.91 Å². The molecule has 0 fully saturated rings. The molecular formula is C20H18N2O2S. The predicted octanol–water partition coefficient (Wildman–Crippen LogP) is 4.30. The molecule has 0 aliphatic heterocycles. The molecule has 0 saturated heterocycles. The lowest BCUT2D eigenvalue weighted by atomic mass is 10.2. The first-order valence-corrected chi connectivity index (χ1v) is 8.76. The molecule has 0 unspecified atom stereocenters. The quantitative estimate of drug-likeness (QED) is 0.646. The van der Waals surface area contributed by atoms with Gasteiger partial charge in [0.05, 0.1) is 5.56 Å². The van der Waals surface area contributed by atoms with Crippen molar-refractivity contribution in [3.8, 4) is 16.3 Å². The van der Waals surface area contributed by atoms with Gasteiger partial charge in [-0.2, -0.15) is 0 Å². The number of carbonyl (C=O) groups is 1. The highest BCUT2D eigenvalue weighted by Crippen LogP contribution is 2.32. The van der Waals surface area contributed by atoms with E-state index in [1.54, 1.807) is 11.5 Å². The Morgan fingerprint density at radius 3 is 2.72 bits per heavy atom. The normalized spacial score (nSPS) is 10.2. The number of nitrogens with zero attached hydrogens (tertiary/aromatic N) is 1. The van der Waals surface area contributed by atoms with Gasteiger partial charge in [-0.3, -0.25) is 4.79 Å². The van der Waals surface area contributed by atoms with Crippen LogP contribution in [-0.4, -0.2) is 17.4 Å². The van der Waals surface area contributed by atoms with Gasteiger partial charge >= 0.3 is 0 Å². The number of hydrogen-bond acceptors (Lipinski definition) is 4. The third kappa shape index (κ3) is 4.33. The summed E-state index contributed by atoms with van der Waals surface area (Å²) in [6.45, 7) is 4.49. The molecule has 1 heterocycles. The Hall–Kier alpha value is -2.92. The highest BCUT2D eigenvalue weighted by atomic mass is 32.1. The molecule has 2 aromatic carbocycles. The van der Waals surface area contributed by atoms with E-state index in [2.05, 4.69) is 16.9 Å². The number of para-hydroxylation sites is 1. The zero-order valence-corrected chi connectivity index (χ0v) is 14.5. The molecule has 25 heavy (non-hydrogen) atoms. The van der Waals surface area contributed by atoms with E-state index in [4.69, 9.17) is 4.74 Å². The second-order valence-electron chi connectivity index (χ2n) is 5.31. The van der Waals surface area contributed by atoms with Gasteiger partial charge in [0.15, 0.2) is 0 Å². The number of rotatable bonds is 7. The monoisotopic (exact) mass is 350 g/mol. The minimum absolute atomic E-state index is 0.204. The Bertz CT molecular complexity index is 859. The molecule has 0 aliphatic rings. The fraction of sp³-hybridized carbons (Fsp3) is 0.100. The Kier molecular flexibility index (Phi) is 5.59. The molecule has 4 nitrogen and oxygen atoms in total. The molecule has 1 N–H and O–H groups in total. The number of hydrogen-bond donors (Lipinski definition) is 1. The van der Waals surface area contributed by atoms with E-state index >= 15 is 0 Å². The van der Waals surface area contributed by atoms with E-state index in [9.17, 15) is 4.79 Å². The van der Waals surface area contributed by atoms with E-state index in [1.165, 1.54) is 11.3 Å². The Labute approximate surface area is 150 Å². The van der Waals surface area contributed by atoms with Crippen molar-refractivity contribution in [3.63, 3.8) is 0 Å².